The molecule has 1 aromatic carbocycles. The molecule has 1 heterocycles. The van der Waals surface area contributed by atoms with E-state index in [1.165, 1.54) is 23.1 Å². The average Bonchev–Trinajstić information content (AvgIpc) is 2.61. The smallest absolute Gasteiger partial charge is 0.322 e. The van der Waals surface area contributed by atoms with E-state index in [1.807, 2.05) is 13.0 Å². The van der Waals surface area contributed by atoms with Gasteiger partial charge in [0.05, 0.1) is 5.69 Å². The van der Waals surface area contributed by atoms with Crippen molar-refractivity contribution in [3.8, 4) is 11.8 Å². The Morgan fingerprint density at radius 2 is 2.08 bits per heavy atom. The Balaban J connectivity index is 2.10. The van der Waals surface area contributed by atoms with Crippen LogP contribution in [0, 0.1) is 11.3 Å². The second-order valence-corrected chi connectivity index (χ2v) is 7.19. The van der Waals surface area contributed by atoms with Gasteiger partial charge in [-0.15, -0.1) is 0 Å². The second kappa shape index (κ2) is 8.73. The van der Waals surface area contributed by atoms with Crippen molar-refractivity contribution in [1.29, 1.82) is 5.26 Å². The minimum absolute atomic E-state index is 0.00278. The van der Waals surface area contributed by atoms with Crippen LogP contribution in [0.4, 0.5) is 10.5 Å². The van der Waals surface area contributed by atoms with Crippen LogP contribution in [0.5, 0.6) is 5.75 Å². The molecule has 0 aromatic heterocycles. The normalized spacial score (nSPS) is 14.4. The van der Waals surface area contributed by atoms with Gasteiger partial charge in [0.15, 0.2) is 6.73 Å². The Morgan fingerprint density at radius 3 is 2.65 bits per heavy atom. The predicted octanol–water partition coefficient (Wildman–Crippen LogP) is 1.44. The predicted molar refractivity (Wildman–Crippen MR) is 96.6 cm³/mol. The maximum atomic E-state index is 12.6. The van der Waals surface area contributed by atoms with Gasteiger partial charge in [-0.25, -0.2) is 9.93 Å². The van der Waals surface area contributed by atoms with Crippen LogP contribution >= 0.6 is 0 Å². The van der Waals surface area contributed by atoms with Crippen molar-refractivity contribution < 1.29 is 17.9 Å². The molecule has 142 valence electrons. The zero-order valence-electron chi connectivity index (χ0n) is 14.6. The van der Waals surface area contributed by atoms with E-state index in [0.29, 0.717) is 6.54 Å². The van der Waals surface area contributed by atoms with Crippen molar-refractivity contribution in [1.82, 2.24) is 9.80 Å². The van der Waals surface area contributed by atoms with Gasteiger partial charge in [0.1, 0.15) is 17.4 Å². The van der Waals surface area contributed by atoms with Crippen molar-refractivity contribution in [3.05, 3.63) is 23.8 Å². The number of rotatable bonds is 6. The highest BCUT2D eigenvalue weighted by atomic mass is 32.2. The molecule has 0 unspecified atom stereocenters. The minimum Gasteiger partial charge on any atom is -0.472 e. The summed E-state index contributed by atoms with van der Waals surface area (Å²) in [6.45, 7) is 3.71. The minimum atomic E-state index is -4.02. The van der Waals surface area contributed by atoms with Crippen LogP contribution in [-0.4, -0.2) is 50.6 Å². The fourth-order valence-electron chi connectivity index (χ4n) is 2.72. The molecule has 0 atom stereocenters. The molecule has 0 saturated carbocycles. The topological polar surface area (TPSA) is 129 Å². The molecule has 1 fully saturated rings. The molecule has 10 heteroatoms. The number of benzene rings is 1. The van der Waals surface area contributed by atoms with E-state index in [-0.39, 0.29) is 29.8 Å². The van der Waals surface area contributed by atoms with Gasteiger partial charge in [-0.05, 0) is 38.3 Å². The largest absolute Gasteiger partial charge is 0.472 e. The van der Waals surface area contributed by atoms with E-state index in [4.69, 9.17) is 9.88 Å². The standard InChI is InChI=1S/C16H23N5O4S/c1-2-20(16(22)21-9-4-3-5-10-21)12-25-15-8-6-7-14(13(15)11-17)19-26(18,23)24/h6-8,19H,2-5,9-10,12H2,1H3,(H2,18,23,24). The van der Waals surface area contributed by atoms with Gasteiger partial charge in [-0.1, -0.05) is 6.07 Å². The maximum absolute atomic E-state index is 12.6. The highest BCUT2D eigenvalue weighted by molar-refractivity contribution is 7.90. The summed E-state index contributed by atoms with van der Waals surface area (Å²) < 4.78 is 30.1. The second-order valence-electron chi connectivity index (χ2n) is 5.90. The molecular weight excluding hydrogens is 358 g/mol. The van der Waals surface area contributed by atoms with E-state index in [1.54, 1.807) is 4.90 Å². The fraction of sp³-hybridized carbons (Fsp3) is 0.500. The quantitative estimate of drug-likeness (QED) is 0.720. The lowest BCUT2D eigenvalue weighted by molar-refractivity contribution is 0.104. The fourth-order valence-corrected chi connectivity index (χ4v) is 3.20. The molecule has 1 aliphatic rings. The molecule has 2 amide bonds. The lowest BCUT2D eigenvalue weighted by atomic mass is 10.1. The van der Waals surface area contributed by atoms with E-state index in [2.05, 4.69) is 4.72 Å². The zero-order chi connectivity index (χ0) is 19.2. The molecule has 0 bridgehead atoms. The lowest BCUT2D eigenvalue weighted by Crippen LogP contribution is -2.46. The molecule has 2 rings (SSSR count). The van der Waals surface area contributed by atoms with Crippen LogP contribution in [0.25, 0.3) is 0 Å². The van der Waals surface area contributed by atoms with Crippen molar-refractivity contribution in [2.45, 2.75) is 26.2 Å². The van der Waals surface area contributed by atoms with Gasteiger partial charge >= 0.3 is 6.03 Å². The van der Waals surface area contributed by atoms with Crippen LogP contribution in [0.3, 0.4) is 0 Å². The summed E-state index contributed by atoms with van der Waals surface area (Å²) in [6, 6.07) is 6.27. The highest BCUT2D eigenvalue weighted by Crippen LogP contribution is 2.26. The lowest BCUT2D eigenvalue weighted by Gasteiger charge is -2.32. The van der Waals surface area contributed by atoms with Gasteiger partial charge in [0.25, 0.3) is 10.2 Å². The van der Waals surface area contributed by atoms with Crippen LogP contribution in [-0.2, 0) is 10.2 Å². The number of piperidine rings is 1. The van der Waals surface area contributed by atoms with Crippen molar-refractivity contribution in [2.75, 3.05) is 31.1 Å². The number of likely N-dealkylation sites (tertiary alicyclic amines) is 1. The number of urea groups is 1. The van der Waals surface area contributed by atoms with E-state index in [0.717, 1.165) is 32.4 Å². The Morgan fingerprint density at radius 1 is 1.38 bits per heavy atom. The molecule has 0 spiro atoms. The van der Waals surface area contributed by atoms with Crippen molar-refractivity contribution in [3.63, 3.8) is 0 Å². The Hall–Kier alpha value is -2.51. The number of ether oxygens (including phenoxy) is 1. The highest BCUT2D eigenvalue weighted by Gasteiger charge is 2.22. The molecule has 0 radical (unpaired) electrons. The number of amides is 2. The molecular formula is C16H23N5O4S. The maximum Gasteiger partial charge on any atom is 0.322 e. The Bertz CT molecular complexity index is 784. The van der Waals surface area contributed by atoms with Gasteiger partial charge in [-0.3, -0.25) is 9.62 Å². The van der Waals surface area contributed by atoms with Crippen LogP contribution in [0.15, 0.2) is 18.2 Å². The molecule has 1 saturated heterocycles. The first-order chi connectivity index (χ1) is 12.4. The first-order valence-corrected chi connectivity index (χ1v) is 9.90. The molecule has 0 aliphatic carbocycles. The number of nitrogens with one attached hydrogen (secondary N) is 1. The number of carbonyl (C=O) groups is 1. The summed E-state index contributed by atoms with van der Waals surface area (Å²) >= 11 is 0. The Kier molecular flexibility index (Phi) is 6.65. The Labute approximate surface area is 153 Å². The number of nitriles is 1. The summed E-state index contributed by atoms with van der Waals surface area (Å²) in [5.74, 6) is 0.172. The summed E-state index contributed by atoms with van der Waals surface area (Å²) in [6.07, 6.45) is 3.11. The van der Waals surface area contributed by atoms with Crippen LogP contribution in [0.2, 0.25) is 0 Å². The summed E-state index contributed by atoms with van der Waals surface area (Å²) in [4.78, 5) is 15.9. The number of carbonyl (C=O) groups excluding carboxylic acids is 1. The van der Waals surface area contributed by atoms with Crippen LogP contribution in [0.1, 0.15) is 31.7 Å². The SMILES string of the molecule is CCN(COc1cccc(NS(N)(=O)=O)c1C#N)C(=O)N1CCCCC1. The number of nitrogens with zero attached hydrogens (tertiary/aromatic N) is 3. The molecule has 1 aliphatic heterocycles. The molecule has 1 aromatic rings. The summed E-state index contributed by atoms with van der Waals surface area (Å²) in [5.41, 5.74) is 0.0286. The van der Waals surface area contributed by atoms with E-state index in [9.17, 15) is 18.5 Å². The van der Waals surface area contributed by atoms with Gasteiger partial charge in [0, 0.05) is 19.6 Å². The number of hydrogen-bond donors (Lipinski definition) is 2. The zero-order valence-corrected chi connectivity index (χ0v) is 15.5. The van der Waals surface area contributed by atoms with E-state index >= 15 is 0 Å². The van der Waals surface area contributed by atoms with Crippen LogP contribution < -0.4 is 14.6 Å². The third-order valence-corrected chi connectivity index (χ3v) is 4.55. The first-order valence-electron chi connectivity index (χ1n) is 8.36. The average molecular weight is 381 g/mol. The third kappa shape index (κ3) is 5.24. The number of hydrogen-bond acceptors (Lipinski definition) is 5. The molecule has 3 N–H and O–H groups in total. The molecule has 26 heavy (non-hydrogen) atoms. The number of anilines is 1. The number of nitrogens with two attached hydrogens (primary N) is 1. The summed E-state index contributed by atoms with van der Waals surface area (Å²) in [7, 11) is -4.02. The van der Waals surface area contributed by atoms with Crippen molar-refractivity contribution in [2.24, 2.45) is 5.14 Å². The van der Waals surface area contributed by atoms with Gasteiger partial charge < -0.3 is 9.64 Å². The summed E-state index contributed by atoms with van der Waals surface area (Å²) in [5, 5.41) is 14.3. The first kappa shape index (κ1) is 19.8. The molecule has 9 nitrogen and oxygen atoms in total. The van der Waals surface area contributed by atoms with E-state index < -0.39 is 10.2 Å². The third-order valence-electron chi connectivity index (χ3n) is 4.04. The van der Waals surface area contributed by atoms with Gasteiger partial charge in [0.2, 0.25) is 0 Å². The monoisotopic (exact) mass is 381 g/mol. The van der Waals surface area contributed by atoms with Crippen molar-refractivity contribution >= 4 is 21.9 Å². The van der Waals surface area contributed by atoms with Gasteiger partial charge in [-0.2, -0.15) is 13.7 Å².